The van der Waals surface area contributed by atoms with E-state index in [2.05, 4.69) is 121 Å². The van der Waals surface area contributed by atoms with E-state index in [9.17, 15) is 40.9 Å². The van der Waals surface area contributed by atoms with E-state index in [0.29, 0.717) is 24.2 Å². The van der Waals surface area contributed by atoms with Crippen LogP contribution in [0.1, 0.15) is 90.9 Å². The molecule has 0 saturated heterocycles. The first-order valence-electron chi connectivity index (χ1n) is 28.1. The van der Waals surface area contributed by atoms with Crippen molar-refractivity contribution in [2.75, 3.05) is 54.4 Å². The van der Waals surface area contributed by atoms with Crippen molar-refractivity contribution >= 4 is 0 Å². The quantitative estimate of drug-likeness (QED) is 0.0676. The van der Waals surface area contributed by atoms with Crippen molar-refractivity contribution in [2.45, 2.75) is 75.5 Å². The Morgan fingerprint density at radius 3 is 0.700 bits per heavy atom. The van der Waals surface area contributed by atoms with Gasteiger partial charge in [0.2, 0.25) is 0 Å². The van der Waals surface area contributed by atoms with Crippen LogP contribution in [0.4, 0.5) is 0 Å². The SMILES string of the molecule is CN1CCc2cccc3c2[C@H]1Cc1ccc(O)c(O)c1-3.CN1CCc2cccc3c2[C@H]1Cc1ccc(O)c(O)c1-3.CN1CCc2cccc3c2[C@H]1Cc1ccc(O)c(O)c1-3.CN1CCc2cccc3c2[C@H]1Cc1ccc(O)c(O)c1-3. The van der Waals surface area contributed by atoms with Crippen molar-refractivity contribution < 1.29 is 40.9 Å². The van der Waals surface area contributed by atoms with Gasteiger partial charge in [-0.25, -0.2) is 0 Å². The first-order chi connectivity index (χ1) is 38.7. The van der Waals surface area contributed by atoms with Crippen LogP contribution in [-0.4, -0.2) is 115 Å². The Kier molecular flexibility index (Phi) is 12.8. The van der Waals surface area contributed by atoms with Crippen molar-refractivity contribution in [2.24, 2.45) is 0 Å². The first kappa shape index (κ1) is 51.4. The van der Waals surface area contributed by atoms with Crippen molar-refractivity contribution in [3.05, 3.63) is 188 Å². The molecule has 8 aromatic carbocycles. The van der Waals surface area contributed by atoms with Gasteiger partial charge in [-0.2, -0.15) is 0 Å². The number of fused-ring (bicyclic) bond motifs is 8. The van der Waals surface area contributed by atoms with E-state index < -0.39 is 0 Å². The lowest BCUT2D eigenvalue weighted by atomic mass is 9.77. The summed E-state index contributed by atoms with van der Waals surface area (Å²) in [6.45, 7) is 4.28. The van der Waals surface area contributed by atoms with E-state index in [4.69, 9.17) is 0 Å². The number of benzene rings is 8. The van der Waals surface area contributed by atoms with E-state index in [1.54, 1.807) is 24.3 Å². The Morgan fingerprint density at radius 2 is 0.487 bits per heavy atom. The zero-order chi connectivity index (χ0) is 55.4. The topological polar surface area (TPSA) is 175 Å². The molecule has 4 heterocycles. The molecule has 8 N–H and O–H groups in total. The zero-order valence-electron chi connectivity index (χ0n) is 45.7. The molecule has 0 fully saturated rings. The van der Waals surface area contributed by atoms with E-state index in [1.165, 1.54) is 44.5 Å². The Balaban J connectivity index is 0.000000101. The number of phenols is 8. The molecular formula is C68H68N4O8. The van der Waals surface area contributed by atoms with Gasteiger partial charge in [-0.3, -0.25) is 19.6 Å². The highest BCUT2D eigenvalue weighted by Gasteiger charge is 2.38. The lowest BCUT2D eigenvalue weighted by Crippen LogP contribution is -2.35. The lowest BCUT2D eigenvalue weighted by Gasteiger charge is -2.39. The minimum absolute atomic E-state index is 0.0163. The number of aromatic hydroxyl groups is 8. The standard InChI is InChI=1S/4C17H17NO2/c4*1-18-8-7-10-3-2-4-12-15(10)13(18)9-11-5-6-14(19)17(20)16(11)12/h4*2-6,13,19-20H,7-9H2,1H3/t4*13-/m1111/s1. The summed E-state index contributed by atoms with van der Waals surface area (Å²) in [5.41, 5.74) is 22.8. The predicted molar refractivity (Wildman–Crippen MR) is 312 cm³/mol. The third kappa shape index (κ3) is 8.33. The van der Waals surface area contributed by atoms with Gasteiger partial charge in [0, 0.05) is 72.6 Å². The van der Waals surface area contributed by atoms with Crippen LogP contribution in [0.5, 0.6) is 46.0 Å². The molecule has 0 bridgehead atoms. The smallest absolute Gasteiger partial charge is 0.165 e. The second-order valence-electron chi connectivity index (χ2n) is 23.2. The molecule has 408 valence electrons. The summed E-state index contributed by atoms with van der Waals surface area (Å²) in [5, 5.41) is 80.2. The third-order valence-corrected chi connectivity index (χ3v) is 18.9. The molecule has 0 radical (unpaired) electrons. The first-order valence-corrected chi connectivity index (χ1v) is 28.1. The van der Waals surface area contributed by atoms with Gasteiger partial charge in [-0.1, -0.05) is 97.1 Å². The predicted octanol–water partition coefficient (Wildman–Crippen LogP) is 11.4. The van der Waals surface area contributed by atoms with Gasteiger partial charge >= 0.3 is 0 Å². The summed E-state index contributed by atoms with van der Waals surface area (Å²) in [4.78, 5) is 9.55. The number of nitrogens with zero attached hydrogens (tertiary/aromatic N) is 4. The summed E-state index contributed by atoms with van der Waals surface area (Å²) < 4.78 is 0. The van der Waals surface area contributed by atoms with Crippen LogP contribution in [0.25, 0.3) is 44.5 Å². The molecule has 8 aromatic rings. The van der Waals surface area contributed by atoms with Crippen LogP contribution in [0.3, 0.4) is 0 Å². The Labute approximate surface area is 466 Å². The van der Waals surface area contributed by atoms with E-state index in [0.717, 1.165) is 144 Å². The van der Waals surface area contributed by atoms with E-state index in [-0.39, 0.29) is 46.0 Å². The highest BCUT2D eigenvalue weighted by atomic mass is 16.3. The van der Waals surface area contributed by atoms with Crippen LogP contribution in [0, 0.1) is 0 Å². The third-order valence-electron chi connectivity index (χ3n) is 18.9. The summed E-state index contributed by atoms with van der Waals surface area (Å²) >= 11 is 0. The minimum atomic E-state index is -0.0380. The Morgan fingerprint density at radius 1 is 0.275 bits per heavy atom. The summed E-state index contributed by atoms with van der Waals surface area (Å²) in [6.07, 6.45) is 7.76. The molecule has 16 rings (SSSR count). The van der Waals surface area contributed by atoms with Gasteiger partial charge in [-0.15, -0.1) is 0 Å². The lowest BCUT2D eigenvalue weighted by molar-refractivity contribution is 0.228. The number of hydrogen-bond acceptors (Lipinski definition) is 12. The molecule has 12 nitrogen and oxygen atoms in total. The van der Waals surface area contributed by atoms with Crippen LogP contribution in [-0.2, 0) is 51.4 Å². The molecule has 4 aliphatic heterocycles. The summed E-state index contributed by atoms with van der Waals surface area (Å²) in [7, 11) is 8.65. The van der Waals surface area contributed by atoms with Crippen molar-refractivity contribution in [3.8, 4) is 90.5 Å². The molecule has 80 heavy (non-hydrogen) atoms. The molecule has 0 unspecified atom stereocenters. The van der Waals surface area contributed by atoms with Gasteiger partial charge in [0.25, 0.3) is 0 Å². The highest BCUT2D eigenvalue weighted by Crippen LogP contribution is 2.54. The van der Waals surface area contributed by atoms with E-state index >= 15 is 0 Å². The molecule has 4 atom stereocenters. The van der Waals surface area contributed by atoms with Crippen molar-refractivity contribution in [3.63, 3.8) is 0 Å². The average molecular weight is 1070 g/mol. The van der Waals surface area contributed by atoms with Crippen LogP contribution < -0.4 is 0 Å². The van der Waals surface area contributed by atoms with Gasteiger partial charge in [0.1, 0.15) is 0 Å². The fraction of sp³-hybridized carbons (Fsp3) is 0.294. The maximum atomic E-state index is 10.3. The molecule has 4 aliphatic carbocycles. The summed E-state index contributed by atoms with van der Waals surface area (Å²) in [5.74, 6) is -0.0869. The fourth-order valence-electron chi connectivity index (χ4n) is 14.7. The molecule has 12 heteroatoms. The second-order valence-corrected chi connectivity index (χ2v) is 23.2. The zero-order valence-corrected chi connectivity index (χ0v) is 45.7. The van der Waals surface area contributed by atoms with E-state index in [1.807, 2.05) is 24.3 Å². The molecule has 0 aromatic heterocycles. The number of rotatable bonds is 0. The molecule has 0 saturated carbocycles. The van der Waals surface area contributed by atoms with Crippen LogP contribution in [0.2, 0.25) is 0 Å². The van der Waals surface area contributed by atoms with Gasteiger partial charge < -0.3 is 40.9 Å². The van der Waals surface area contributed by atoms with Crippen LogP contribution in [0.15, 0.2) is 121 Å². The van der Waals surface area contributed by atoms with Crippen LogP contribution >= 0.6 is 0 Å². The molecular weight excluding hydrogens is 1000 g/mol. The normalized spacial score (nSPS) is 20.4. The fourth-order valence-corrected chi connectivity index (χ4v) is 14.7. The number of likely N-dealkylation sites (N-methyl/N-ethyl adjacent to an activating group) is 4. The Bertz CT molecular complexity index is 3330. The van der Waals surface area contributed by atoms with Gasteiger partial charge in [0.15, 0.2) is 46.0 Å². The maximum absolute atomic E-state index is 10.3. The Hall–Kier alpha value is -8.00. The molecule has 8 aliphatic rings. The van der Waals surface area contributed by atoms with Crippen molar-refractivity contribution in [1.82, 2.24) is 19.6 Å². The number of hydrogen-bond donors (Lipinski definition) is 8. The van der Waals surface area contributed by atoms with Gasteiger partial charge in [-0.05, 0) is 193 Å². The maximum Gasteiger partial charge on any atom is 0.165 e. The highest BCUT2D eigenvalue weighted by molar-refractivity contribution is 5.85. The van der Waals surface area contributed by atoms with Crippen molar-refractivity contribution in [1.29, 1.82) is 0 Å². The molecule has 0 spiro atoms. The number of phenolic OH excluding ortho intramolecular Hbond substituents is 8. The summed E-state index contributed by atoms with van der Waals surface area (Å²) in [6, 6.07) is 40.8. The monoisotopic (exact) mass is 1070 g/mol. The van der Waals surface area contributed by atoms with Gasteiger partial charge in [0.05, 0.1) is 0 Å². The average Bonchev–Trinajstić information content (AvgIpc) is 3.55. The molecule has 0 amide bonds. The second kappa shape index (κ2) is 20.0. The minimum Gasteiger partial charge on any atom is -0.504 e. The largest absolute Gasteiger partial charge is 0.504 e.